The van der Waals surface area contributed by atoms with Crippen LogP contribution in [0.25, 0.3) is 0 Å². The lowest BCUT2D eigenvalue weighted by molar-refractivity contribution is -0.113. The zero-order valence-electron chi connectivity index (χ0n) is 17.4. The minimum Gasteiger partial charge on any atom is -0.345 e. The van der Waals surface area contributed by atoms with Crippen LogP contribution in [-0.2, 0) is 24.3 Å². The highest BCUT2D eigenvalue weighted by molar-refractivity contribution is 9.10. The molecule has 0 radical (unpaired) electrons. The fraction of sp³-hybridized carbons (Fsp3) is 0.273. The molecule has 7 nitrogen and oxygen atoms in total. The predicted octanol–water partition coefficient (Wildman–Crippen LogP) is 4.28. The molecule has 2 amide bonds. The Balaban J connectivity index is 1.56. The van der Waals surface area contributed by atoms with Crippen molar-refractivity contribution in [3.8, 4) is 0 Å². The summed E-state index contributed by atoms with van der Waals surface area (Å²) in [6.45, 7) is 4.95. The molecule has 0 bridgehead atoms. The monoisotopic (exact) mass is 501 g/mol. The largest absolute Gasteiger partial charge is 0.345 e. The van der Waals surface area contributed by atoms with Gasteiger partial charge in [-0.15, -0.1) is 10.2 Å². The van der Waals surface area contributed by atoms with Gasteiger partial charge < -0.3 is 15.2 Å². The second-order valence-corrected chi connectivity index (χ2v) is 8.49. The third kappa shape index (κ3) is 6.18. The van der Waals surface area contributed by atoms with E-state index in [-0.39, 0.29) is 24.1 Å². The molecule has 162 valence electrons. The molecule has 0 saturated heterocycles. The van der Waals surface area contributed by atoms with Crippen LogP contribution in [0.3, 0.4) is 0 Å². The third-order valence-corrected chi connectivity index (χ3v) is 6.27. The molecular formula is C22H24BrN5O2S. The minimum atomic E-state index is -0.194. The Hall–Kier alpha value is -2.65. The highest BCUT2D eigenvalue weighted by Gasteiger charge is 2.15. The highest BCUT2D eigenvalue weighted by Crippen LogP contribution is 2.19. The molecule has 3 rings (SSSR count). The van der Waals surface area contributed by atoms with Crippen molar-refractivity contribution >= 4 is 45.2 Å². The Morgan fingerprint density at radius 1 is 1.06 bits per heavy atom. The number of thioether (sulfide) groups is 1. The lowest BCUT2D eigenvalue weighted by Gasteiger charge is -2.09. The maximum atomic E-state index is 12.4. The van der Waals surface area contributed by atoms with Crippen LogP contribution in [0.4, 0.5) is 5.69 Å². The van der Waals surface area contributed by atoms with E-state index in [0.29, 0.717) is 23.1 Å². The Morgan fingerprint density at radius 3 is 2.48 bits per heavy atom. The van der Waals surface area contributed by atoms with Crippen LogP contribution >= 0.6 is 27.7 Å². The summed E-state index contributed by atoms with van der Waals surface area (Å²) in [7, 11) is 0. The highest BCUT2D eigenvalue weighted by atomic mass is 79.9. The number of nitrogens with zero attached hydrogens (tertiary/aromatic N) is 3. The Kier molecular flexibility index (Phi) is 8.25. The first kappa shape index (κ1) is 23.0. The van der Waals surface area contributed by atoms with Crippen molar-refractivity contribution in [3.63, 3.8) is 0 Å². The smallest absolute Gasteiger partial charge is 0.252 e. The van der Waals surface area contributed by atoms with Gasteiger partial charge in [0.15, 0.2) is 11.0 Å². The average molecular weight is 502 g/mol. The van der Waals surface area contributed by atoms with Gasteiger partial charge in [-0.3, -0.25) is 9.59 Å². The maximum Gasteiger partial charge on any atom is 0.252 e. The summed E-state index contributed by atoms with van der Waals surface area (Å²) in [5, 5.41) is 14.8. The number of anilines is 1. The van der Waals surface area contributed by atoms with Crippen molar-refractivity contribution in [3.05, 3.63) is 70.0 Å². The minimum absolute atomic E-state index is 0.108. The number of aryl methyl sites for hydroxylation is 1. The summed E-state index contributed by atoms with van der Waals surface area (Å²) < 4.78 is 2.63. The molecule has 1 aromatic heterocycles. The molecule has 0 atom stereocenters. The first-order valence-corrected chi connectivity index (χ1v) is 11.8. The summed E-state index contributed by atoms with van der Waals surface area (Å²) in [5.74, 6) is 0.558. The number of nitrogens with one attached hydrogen (secondary N) is 2. The summed E-state index contributed by atoms with van der Waals surface area (Å²) in [5.41, 5.74) is 2.56. The SMILES string of the molecule is CCc1ccc(NC(=O)CSc2nnc(CNC(=O)c3ccccc3Br)n2CC)cc1. The van der Waals surface area contributed by atoms with Gasteiger partial charge in [-0.25, -0.2) is 0 Å². The lowest BCUT2D eigenvalue weighted by atomic mass is 10.1. The summed E-state index contributed by atoms with van der Waals surface area (Å²) in [4.78, 5) is 24.7. The molecule has 0 saturated carbocycles. The van der Waals surface area contributed by atoms with Gasteiger partial charge in [0.05, 0.1) is 17.9 Å². The number of benzene rings is 2. The van der Waals surface area contributed by atoms with Crippen LogP contribution in [0.15, 0.2) is 58.2 Å². The van der Waals surface area contributed by atoms with Crippen molar-refractivity contribution in [2.24, 2.45) is 0 Å². The fourth-order valence-corrected chi connectivity index (χ4v) is 4.21. The van der Waals surface area contributed by atoms with Crippen molar-refractivity contribution in [1.82, 2.24) is 20.1 Å². The molecule has 0 fully saturated rings. The fourth-order valence-electron chi connectivity index (χ4n) is 2.93. The summed E-state index contributed by atoms with van der Waals surface area (Å²) in [6.07, 6.45) is 0.960. The molecule has 0 aliphatic heterocycles. The predicted molar refractivity (Wildman–Crippen MR) is 126 cm³/mol. The second kappa shape index (κ2) is 11.1. The number of rotatable bonds is 9. The van der Waals surface area contributed by atoms with E-state index in [1.807, 2.05) is 54.0 Å². The number of hydrogen-bond donors (Lipinski definition) is 2. The molecule has 2 N–H and O–H groups in total. The van der Waals surface area contributed by atoms with Gasteiger partial charge in [-0.1, -0.05) is 43.0 Å². The zero-order chi connectivity index (χ0) is 22.2. The van der Waals surface area contributed by atoms with Gasteiger partial charge in [0.25, 0.3) is 5.91 Å². The van der Waals surface area contributed by atoms with Crippen LogP contribution in [0, 0.1) is 0 Å². The van der Waals surface area contributed by atoms with Crippen LogP contribution < -0.4 is 10.6 Å². The Morgan fingerprint density at radius 2 is 1.81 bits per heavy atom. The summed E-state index contributed by atoms with van der Waals surface area (Å²) in [6, 6.07) is 15.1. The quantitative estimate of drug-likeness (QED) is 0.427. The molecular weight excluding hydrogens is 478 g/mol. The van der Waals surface area contributed by atoms with Gasteiger partial charge in [0, 0.05) is 16.7 Å². The zero-order valence-corrected chi connectivity index (χ0v) is 19.8. The van der Waals surface area contributed by atoms with Gasteiger partial charge in [0.2, 0.25) is 5.91 Å². The Bertz CT molecular complexity index is 1050. The molecule has 0 aliphatic carbocycles. The van der Waals surface area contributed by atoms with Crippen molar-refractivity contribution in [1.29, 1.82) is 0 Å². The number of aromatic nitrogens is 3. The van der Waals surface area contributed by atoms with E-state index in [1.54, 1.807) is 6.07 Å². The van der Waals surface area contributed by atoms with E-state index in [0.717, 1.165) is 16.6 Å². The van der Waals surface area contributed by atoms with Gasteiger partial charge in [0.1, 0.15) is 0 Å². The molecule has 31 heavy (non-hydrogen) atoms. The van der Waals surface area contributed by atoms with E-state index in [4.69, 9.17) is 0 Å². The molecule has 0 spiro atoms. The molecule has 0 aliphatic rings. The van der Waals surface area contributed by atoms with Crippen LogP contribution in [0.5, 0.6) is 0 Å². The van der Waals surface area contributed by atoms with E-state index in [9.17, 15) is 9.59 Å². The van der Waals surface area contributed by atoms with E-state index < -0.39 is 0 Å². The van der Waals surface area contributed by atoms with Gasteiger partial charge in [-0.05, 0) is 59.1 Å². The van der Waals surface area contributed by atoms with E-state index >= 15 is 0 Å². The third-order valence-electron chi connectivity index (χ3n) is 4.61. The first-order valence-electron chi connectivity index (χ1n) is 9.98. The molecule has 1 heterocycles. The Labute approximate surface area is 194 Å². The van der Waals surface area contributed by atoms with Crippen LogP contribution in [0.1, 0.15) is 35.6 Å². The molecule has 3 aromatic rings. The lowest BCUT2D eigenvalue weighted by Crippen LogP contribution is -2.25. The number of carbonyl (C=O) groups excluding carboxylic acids is 2. The number of halogens is 1. The second-order valence-electron chi connectivity index (χ2n) is 6.69. The maximum absolute atomic E-state index is 12.4. The number of carbonyl (C=O) groups is 2. The first-order chi connectivity index (χ1) is 15.0. The van der Waals surface area contributed by atoms with E-state index in [1.165, 1.54) is 17.3 Å². The van der Waals surface area contributed by atoms with Gasteiger partial charge >= 0.3 is 0 Å². The average Bonchev–Trinajstić information content (AvgIpc) is 3.18. The molecule has 0 unspecified atom stereocenters. The number of hydrogen-bond acceptors (Lipinski definition) is 5. The molecule has 9 heteroatoms. The number of amides is 2. The van der Waals surface area contributed by atoms with Gasteiger partial charge in [-0.2, -0.15) is 0 Å². The van der Waals surface area contributed by atoms with E-state index in [2.05, 4.69) is 43.7 Å². The van der Waals surface area contributed by atoms with Crippen molar-refractivity contribution in [2.75, 3.05) is 11.1 Å². The van der Waals surface area contributed by atoms with Crippen molar-refractivity contribution < 1.29 is 9.59 Å². The topological polar surface area (TPSA) is 88.9 Å². The van der Waals surface area contributed by atoms with Crippen LogP contribution in [-0.4, -0.2) is 32.3 Å². The standard InChI is InChI=1S/C22H24BrN5O2S/c1-3-15-9-11-16(12-10-15)25-20(29)14-31-22-27-26-19(28(22)4-2)13-24-21(30)17-7-5-6-8-18(17)23/h5-12H,3-4,13-14H2,1-2H3,(H,24,30)(H,25,29). The van der Waals surface area contributed by atoms with Crippen molar-refractivity contribution in [2.45, 2.75) is 38.5 Å². The normalized spacial score (nSPS) is 10.7. The van der Waals surface area contributed by atoms with Crippen LogP contribution in [0.2, 0.25) is 0 Å². The summed E-state index contributed by atoms with van der Waals surface area (Å²) >= 11 is 4.70. The molecule has 2 aromatic carbocycles.